The van der Waals surface area contributed by atoms with Crippen LogP contribution in [0.4, 0.5) is 0 Å². The van der Waals surface area contributed by atoms with Crippen molar-refractivity contribution in [2.45, 2.75) is 46.0 Å². The summed E-state index contributed by atoms with van der Waals surface area (Å²) in [4.78, 5) is 0. The Morgan fingerprint density at radius 2 is 1.91 bits per heavy atom. The lowest BCUT2D eigenvalue weighted by atomic mass is 9.61. The highest BCUT2D eigenvalue weighted by molar-refractivity contribution is 5.23. The lowest BCUT2D eigenvalue weighted by Crippen LogP contribution is -2.32. The van der Waals surface area contributed by atoms with Gasteiger partial charge in [0, 0.05) is 0 Å². The van der Waals surface area contributed by atoms with Crippen LogP contribution < -0.4 is 0 Å². The molecule has 0 nitrogen and oxygen atoms in total. The van der Waals surface area contributed by atoms with Gasteiger partial charge >= 0.3 is 0 Å². The van der Waals surface area contributed by atoms with Gasteiger partial charge in [0.2, 0.25) is 0 Å². The summed E-state index contributed by atoms with van der Waals surface area (Å²) in [6.45, 7) is 4.56. The van der Waals surface area contributed by atoms with Gasteiger partial charge < -0.3 is 0 Å². The number of hydrogen-bond acceptors (Lipinski definition) is 0. The van der Waals surface area contributed by atoms with Crippen molar-refractivity contribution in [1.29, 1.82) is 0 Å². The van der Waals surface area contributed by atoms with Gasteiger partial charge in [-0.3, -0.25) is 0 Å². The summed E-state index contributed by atoms with van der Waals surface area (Å²) in [5.74, 6) is 2.11. The van der Waals surface area contributed by atoms with Crippen LogP contribution in [0.25, 0.3) is 0 Å². The quantitative estimate of drug-likeness (QED) is 0.463. The highest BCUT2D eigenvalue weighted by Crippen LogP contribution is 2.49. The Bertz CT molecular complexity index is 184. The molecule has 0 heterocycles. The van der Waals surface area contributed by atoms with Gasteiger partial charge in [-0.25, -0.2) is 0 Å². The molecule has 0 aliphatic heterocycles. The Morgan fingerprint density at radius 3 is 2.55 bits per heavy atom. The maximum Gasteiger partial charge on any atom is -0.0169 e. The highest BCUT2D eigenvalue weighted by atomic mass is 14.4. The zero-order valence-corrected chi connectivity index (χ0v) is 7.69. The molecule has 2 fully saturated rings. The summed E-state index contributed by atoms with van der Waals surface area (Å²) in [5, 5.41) is 0. The van der Waals surface area contributed by atoms with Gasteiger partial charge in [0.1, 0.15) is 0 Å². The molecule has 0 aromatic heterocycles. The normalized spacial score (nSPS) is 36.0. The average molecular weight is 150 g/mol. The Labute approximate surface area is 69.7 Å². The van der Waals surface area contributed by atoms with E-state index in [4.69, 9.17) is 0 Å². The minimum Gasteiger partial charge on any atom is -0.0769 e. The second-order valence-corrected chi connectivity index (χ2v) is 4.38. The standard InChI is InChI=1S/C11H18/c1-8(2)11-7-9-5-3-4-6-10(9)11/h9-10H,3-7H2,1-2H3/t9-,10-/m1/s1. The first-order valence-corrected chi connectivity index (χ1v) is 4.95. The summed E-state index contributed by atoms with van der Waals surface area (Å²) in [6, 6.07) is 0. The molecule has 0 radical (unpaired) electrons. The van der Waals surface area contributed by atoms with Crippen molar-refractivity contribution in [2.75, 3.05) is 0 Å². The maximum absolute atomic E-state index is 2.28. The summed E-state index contributed by atoms with van der Waals surface area (Å²) in [5.41, 5.74) is 3.41. The Balaban J connectivity index is 2.07. The van der Waals surface area contributed by atoms with Gasteiger partial charge in [0.05, 0.1) is 0 Å². The molecule has 0 saturated heterocycles. The van der Waals surface area contributed by atoms with E-state index in [2.05, 4.69) is 13.8 Å². The first kappa shape index (κ1) is 7.39. The van der Waals surface area contributed by atoms with Crippen LogP contribution in [-0.2, 0) is 0 Å². The van der Waals surface area contributed by atoms with Gasteiger partial charge in [-0.15, -0.1) is 0 Å². The summed E-state index contributed by atoms with van der Waals surface area (Å²) in [7, 11) is 0. The third-order valence-electron chi connectivity index (χ3n) is 3.48. The number of rotatable bonds is 0. The Hall–Kier alpha value is -0.260. The van der Waals surface area contributed by atoms with Crippen LogP contribution >= 0.6 is 0 Å². The third kappa shape index (κ3) is 1.13. The largest absolute Gasteiger partial charge is 0.0769 e. The maximum atomic E-state index is 2.28. The van der Waals surface area contributed by atoms with Crippen LogP contribution in [0, 0.1) is 11.8 Å². The second-order valence-electron chi connectivity index (χ2n) is 4.38. The van der Waals surface area contributed by atoms with Crippen molar-refractivity contribution in [2.24, 2.45) is 11.8 Å². The molecule has 2 atom stereocenters. The van der Waals surface area contributed by atoms with E-state index in [-0.39, 0.29) is 0 Å². The molecule has 0 aromatic rings. The number of hydrogen-bond donors (Lipinski definition) is 0. The van der Waals surface area contributed by atoms with Gasteiger partial charge in [-0.2, -0.15) is 0 Å². The average Bonchev–Trinajstić information content (AvgIpc) is 1.90. The minimum absolute atomic E-state index is 1.02. The zero-order valence-electron chi connectivity index (χ0n) is 7.69. The predicted octanol–water partition coefficient (Wildman–Crippen LogP) is 3.53. The van der Waals surface area contributed by atoms with Crippen LogP contribution in [0.1, 0.15) is 46.0 Å². The summed E-state index contributed by atoms with van der Waals surface area (Å²) < 4.78 is 0. The molecule has 0 aromatic carbocycles. The van der Waals surface area contributed by atoms with Gasteiger partial charge in [0.15, 0.2) is 0 Å². The van der Waals surface area contributed by atoms with Crippen LogP contribution in [0.2, 0.25) is 0 Å². The molecule has 0 spiro atoms. The van der Waals surface area contributed by atoms with E-state index in [1.54, 1.807) is 11.1 Å². The molecule has 0 N–H and O–H groups in total. The third-order valence-corrected chi connectivity index (χ3v) is 3.48. The molecule has 2 aliphatic rings. The first-order valence-electron chi connectivity index (χ1n) is 4.95. The molecule has 0 heteroatoms. The van der Waals surface area contributed by atoms with E-state index in [0.29, 0.717) is 0 Å². The van der Waals surface area contributed by atoms with Crippen LogP contribution in [0.3, 0.4) is 0 Å². The lowest BCUT2D eigenvalue weighted by Gasteiger charge is -2.44. The van der Waals surface area contributed by atoms with Crippen molar-refractivity contribution in [3.63, 3.8) is 0 Å². The molecule has 0 amide bonds. The van der Waals surface area contributed by atoms with Crippen molar-refractivity contribution >= 4 is 0 Å². The van der Waals surface area contributed by atoms with Crippen molar-refractivity contribution in [3.8, 4) is 0 Å². The van der Waals surface area contributed by atoms with Gasteiger partial charge in [-0.05, 0) is 44.9 Å². The van der Waals surface area contributed by atoms with E-state index >= 15 is 0 Å². The molecule has 62 valence electrons. The molecular formula is C11H18. The molecule has 0 unspecified atom stereocenters. The van der Waals surface area contributed by atoms with E-state index in [9.17, 15) is 0 Å². The molecule has 2 rings (SSSR count). The van der Waals surface area contributed by atoms with Crippen molar-refractivity contribution in [1.82, 2.24) is 0 Å². The molecule has 2 aliphatic carbocycles. The van der Waals surface area contributed by atoms with E-state index in [1.807, 2.05) is 0 Å². The second kappa shape index (κ2) is 2.66. The topological polar surface area (TPSA) is 0 Å². The van der Waals surface area contributed by atoms with Crippen molar-refractivity contribution < 1.29 is 0 Å². The molecule has 2 saturated carbocycles. The van der Waals surface area contributed by atoms with E-state index in [1.165, 1.54) is 32.1 Å². The summed E-state index contributed by atoms with van der Waals surface area (Å²) >= 11 is 0. The van der Waals surface area contributed by atoms with Gasteiger partial charge in [0.25, 0.3) is 0 Å². The monoisotopic (exact) mass is 150 g/mol. The number of allylic oxidation sites excluding steroid dienone is 2. The SMILES string of the molecule is CC(C)=C1C[C@H]2CCCC[C@@H]12. The fourth-order valence-corrected chi connectivity index (χ4v) is 2.76. The van der Waals surface area contributed by atoms with Crippen LogP contribution in [0.5, 0.6) is 0 Å². The Morgan fingerprint density at radius 1 is 1.18 bits per heavy atom. The number of fused-ring (bicyclic) bond motifs is 1. The summed E-state index contributed by atoms with van der Waals surface area (Å²) in [6.07, 6.45) is 7.43. The molecular weight excluding hydrogens is 132 g/mol. The Kier molecular flexibility index (Phi) is 1.78. The molecule has 0 bridgehead atoms. The van der Waals surface area contributed by atoms with E-state index in [0.717, 1.165) is 11.8 Å². The van der Waals surface area contributed by atoms with Crippen molar-refractivity contribution in [3.05, 3.63) is 11.1 Å². The lowest BCUT2D eigenvalue weighted by molar-refractivity contribution is 0.191. The highest BCUT2D eigenvalue weighted by Gasteiger charge is 2.37. The fourth-order valence-electron chi connectivity index (χ4n) is 2.76. The smallest absolute Gasteiger partial charge is 0.0169 e. The van der Waals surface area contributed by atoms with Crippen LogP contribution in [-0.4, -0.2) is 0 Å². The zero-order chi connectivity index (χ0) is 7.84. The van der Waals surface area contributed by atoms with Crippen LogP contribution in [0.15, 0.2) is 11.1 Å². The predicted molar refractivity (Wildman–Crippen MR) is 48.4 cm³/mol. The minimum atomic E-state index is 1.02. The fraction of sp³-hybridized carbons (Fsp3) is 0.818. The first-order chi connectivity index (χ1) is 5.29. The van der Waals surface area contributed by atoms with E-state index < -0.39 is 0 Å². The molecule has 11 heavy (non-hydrogen) atoms. The van der Waals surface area contributed by atoms with Gasteiger partial charge in [-0.1, -0.05) is 24.0 Å².